The van der Waals surface area contributed by atoms with E-state index >= 15 is 0 Å². The first-order valence-corrected chi connectivity index (χ1v) is 8.74. The molecule has 1 heterocycles. The van der Waals surface area contributed by atoms with Gasteiger partial charge in [0.15, 0.2) is 0 Å². The highest BCUT2D eigenvalue weighted by atomic mass is 35.5. The molecule has 1 aromatic heterocycles. The first-order chi connectivity index (χ1) is 9.95. The van der Waals surface area contributed by atoms with Gasteiger partial charge in [0.25, 0.3) is 0 Å². The monoisotopic (exact) mass is 339 g/mol. The lowest BCUT2D eigenvalue weighted by atomic mass is 9.74. The zero-order chi connectivity index (χ0) is 15.5. The van der Waals surface area contributed by atoms with Crippen LogP contribution in [0.2, 0.25) is 5.02 Å². The van der Waals surface area contributed by atoms with E-state index in [0.717, 1.165) is 17.7 Å². The van der Waals surface area contributed by atoms with Gasteiger partial charge in [0, 0.05) is 10.9 Å². The van der Waals surface area contributed by atoms with Crippen molar-refractivity contribution in [3.63, 3.8) is 0 Å². The highest BCUT2D eigenvalue weighted by molar-refractivity contribution is 7.10. The summed E-state index contributed by atoms with van der Waals surface area (Å²) in [7, 11) is 0. The molecule has 3 atom stereocenters. The number of nitrogens with one attached hydrogen (secondary N) is 1. The second kappa shape index (κ2) is 7.34. The third-order valence-electron chi connectivity index (χ3n) is 4.21. The lowest BCUT2D eigenvalue weighted by Crippen LogP contribution is -2.40. The Morgan fingerprint density at radius 2 is 2.10 bits per heavy atom. The average molecular weight is 340 g/mol. The molecule has 0 aliphatic heterocycles. The predicted molar refractivity (Wildman–Crippen MR) is 81.9 cm³/mol. The number of hydrogen-bond donors (Lipinski definition) is 1. The SMILES string of the molecule is CCCNC(c1sccc1Cl)C1CCCCC1C(F)(F)F. The topological polar surface area (TPSA) is 12.0 Å². The molecular formula is C15H21ClF3NS. The van der Waals surface area contributed by atoms with Gasteiger partial charge < -0.3 is 5.32 Å². The first kappa shape index (κ1) is 17.1. The zero-order valence-corrected chi connectivity index (χ0v) is 13.6. The molecule has 1 nitrogen and oxygen atoms in total. The van der Waals surface area contributed by atoms with Gasteiger partial charge >= 0.3 is 6.18 Å². The van der Waals surface area contributed by atoms with E-state index in [2.05, 4.69) is 5.32 Å². The van der Waals surface area contributed by atoms with Crippen LogP contribution in [0.1, 0.15) is 49.9 Å². The standard InChI is InChI=1S/C15H21ClF3NS/c1-2-8-20-13(14-12(16)7-9-21-14)10-5-3-4-6-11(10)15(17,18)19/h7,9-11,13,20H,2-6,8H2,1H3. The maximum Gasteiger partial charge on any atom is 0.392 e. The molecule has 3 unspecified atom stereocenters. The smallest absolute Gasteiger partial charge is 0.309 e. The van der Waals surface area contributed by atoms with Gasteiger partial charge in [-0.1, -0.05) is 31.4 Å². The van der Waals surface area contributed by atoms with Gasteiger partial charge in [-0.15, -0.1) is 11.3 Å². The Morgan fingerprint density at radius 1 is 1.38 bits per heavy atom. The fourth-order valence-electron chi connectivity index (χ4n) is 3.23. The molecule has 1 saturated carbocycles. The molecule has 21 heavy (non-hydrogen) atoms. The highest BCUT2D eigenvalue weighted by Gasteiger charge is 2.48. The van der Waals surface area contributed by atoms with Gasteiger partial charge in [-0.2, -0.15) is 13.2 Å². The lowest BCUT2D eigenvalue weighted by molar-refractivity contribution is -0.199. The van der Waals surface area contributed by atoms with E-state index in [9.17, 15) is 13.2 Å². The van der Waals surface area contributed by atoms with Crippen molar-refractivity contribution >= 4 is 22.9 Å². The van der Waals surface area contributed by atoms with Crippen LogP contribution < -0.4 is 5.32 Å². The van der Waals surface area contributed by atoms with Crippen molar-refractivity contribution in [2.45, 2.75) is 51.2 Å². The van der Waals surface area contributed by atoms with Crippen molar-refractivity contribution < 1.29 is 13.2 Å². The van der Waals surface area contributed by atoms with Gasteiger partial charge in [-0.05, 0) is 43.2 Å². The Kier molecular flexibility index (Phi) is 5.97. The molecule has 0 amide bonds. The Hall–Kier alpha value is -0.260. The van der Waals surface area contributed by atoms with Crippen molar-refractivity contribution in [3.05, 3.63) is 21.3 Å². The number of alkyl halides is 3. The van der Waals surface area contributed by atoms with Gasteiger partial charge in [0.1, 0.15) is 0 Å². The summed E-state index contributed by atoms with van der Waals surface area (Å²) in [6.45, 7) is 2.72. The maximum atomic E-state index is 13.4. The molecule has 6 heteroatoms. The van der Waals surface area contributed by atoms with E-state index < -0.39 is 18.0 Å². The molecule has 0 spiro atoms. The van der Waals surface area contributed by atoms with Crippen LogP contribution in [0.3, 0.4) is 0 Å². The van der Waals surface area contributed by atoms with E-state index in [1.54, 1.807) is 6.07 Å². The van der Waals surface area contributed by atoms with Crippen LogP contribution in [0.4, 0.5) is 13.2 Å². The molecule has 1 aliphatic carbocycles. The Labute approximate surface area is 132 Å². The van der Waals surface area contributed by atoms with Crippen molar-refractivity contribution in [1.29, 1.82) is 0 Å². The molecule has 120 valence electrons. The number of thiophene rings is 1. The molecular weight excluding hydrogens is 319 g/mol. The highest BCUT2D eigenvalue weighted by Crippen LogP contribution is 2.48. The van der Waals surface area contributed by atoms with Crippen LogP contribution in [-0.4, -0.2) is 12.7 Å². The van der Waals surface area contributed by atoms with Gasteiger partial charge in [-0.25, -0.2) is 0 Å². The predicted octanol–water partition coefficient (Wildman–Crippen LogP) is 5.81. The van der Waals surface area contributed by atoms with Crippen LogP contribution in [0.15, 0.2) is 11.4 Å². The molecule has 0 aromatic carbocycles. The molecule has 1 N–H and O–H groups in total. The lowest BCUT2D eigenvalue weighted by Gasteiger charge is -2.38. The third-order valence-corrected chi connectivity index (χ3v) is 5.65. The van der Waals surface area contributed by atoms with Crippen LogP contribution in [0, 0.1) is 11.8 Å². The first-order valence-electron chi connectivity index (χ1n) is 7.48. The minimum atomic E-state index is -4.12. The summed E-state index contributed by atoms with van der Waals surface area (Å²) >= 11 is 7.64. The zero-order valence-electron chi connectivity index (χ0n) is 12.0. The second-order valence-electron chi connectivity index (χ2n) is 5.66. The summed E-state index contributed by atoms with van der Waals surface area (Å²) in [5, 5.41) is 5.74. The minimum Gasteiger partial charge on any atom is -0.309 e. The normalized spacial score (nSPS) is 25.0. The Balaban J connectivity index is 2.27. The Bertz CT molecular complexity index is 446. The quantitative estimate of drug-likeness (QED) is 0.713. The summed E-state index contributed by atoms with van der Waals surface area (Å²) in [4.78, 5) is 0.853. The van der Waals surface area contributed by atoms with Crippen molar-refractivity contribution in [1.82, 2.24) is 5.32 Å². The van der Waals surface area contributed by atoms with E-state index in [4.69, 9.17) is 11.6 Å². The molecule has 0 saturated heterocycles. The van der Waals surface area contributed by atoms with E-state index in [1.807, 2.05) is 12.3 Å². The van der Waals surface area contributed by atoms with E-state index in [1.165, 1.54) is 11.3 Å². The van der Waals surface area contributed by atoms with E-state index in [0.29, 0.717) is 24.4 Å². The van der Waals surface area contributed by atoms with Gasteiger partial charge in [0.05, 0.1) is 10.9 Å². The summed E-state index contributed by atoms with van der Waals surface area (Å²) in [6, 6.07) is 1.48. The Morgan fingerprint density at radius 3 is 2.67 bits per heavy atom. The largest absolute Gasteiger partial charge is 0.392 e. The van der Waals surface area contributed by atoms with Crippen LogP contribution >= 0.6 is 22.9 Å². The van der Waals surface area contributed by atoms with Crippen LogP contribution in [-0.2, 0) is 0 Å². The van der Waals surface area contributed by atoms with E-state index in [-0.39, 0.29) is 12.5 Å². The second-order valence-corrected chi connectivity index (χ2v) is 7.02. The van der Waals surface area contributed by atoms with Crippen molar-refractivity contribution in [3.8, 4) is 0 Å². The average Bonchev–Trinajstić information content (AvgIpc) is 2.85. The third kappa shape index (κ3) is 4.14. The van der Waals surface area contributed by atoms with Crippen LogP contribution in [0.25, 0.3) is 0 Å². The van der Waals surface area contributed by atoms with Crippen LogP contribution in [0.5, 0.6) is 0 Å². The fraction of sp³-hybridized carbons (Fsp3) is 0.733. The molecule has 1 aliphatic rings. The van der Waals surface area contributed by atoms with Crippen molar-refractivity contribution in [2.75, 3.05) is 6.54 Å². The van der Waals surface area contributed by atoms with Gasteiger partial charge in [0.2, 0.25) is 0 Å². The summed E-state index contributed by atoms with van der Waals surface area (Å²) in [5.41, 5.74) is 0. The summed E-state index contributed by atoms with van der Waals surface area (Å²) in [6.07, 6.45) is -0.852. The van der Waals surface area contributed by atoms with Gasteiger partial charge in [-0.3, -0.25) is 0 Å². The van der Waals surface area contributed by atoms with Crippen molar-refractivity contribution in [2.24, 2.45) is 11.8 Å². The molecule has 0 radical (unpaired) electrons. The number of halogens is 4. The number of hydrogen-bond acceptors (Lipinski definition) is 2. The molecule has 1 aromatic rings. The molecule has 1 fully saturated rings. The molecule has 2 rings (SSSR count). The minimum absolute atomic E-state index is 0.238. The number of rotatable bonds is 5. The maximum absolute atomic E-state index is 13.4. The summed E-state index contributed by atoms with van der Waals surface area (Å²) < 4.78 is 40.1. The fourth-order valence-corrected chi connectivity index (χ4v) is 4.56. The molecule has 0 bridgehead atoms. The summed E-state index contributed by atoms with van der Waals surface area (Å²) in [5.74, 6) is -1.64.